The van der Waals surface area contributed by atoms with Crippen LogP contribution in [0.15, 0.2) is 0 Å². The predicted octanol–water partition coefficient (Wildman–Crippen LogP) is -0.394. The summed E-state index contributed by atoms with van der Waals surface area (Å²) in [6.07, 6.45) is 1.79. The van der Waals surface area contributed by atoms with Crippen LogP contribution in [0.3, 0.4) is 0 Å². The summed E-state index contributed by atoms with van der Waals surface area (Å²) < 4.78 is 26.2. The molecule has 1 amide bonds. The number of carbonyl (C=O) groups excluding carboxylic acids is 1. The van der Waals surface area contributed by atoms with Crippen molar-refractivity contribution in [3.8, 4) is 0 Å². The highest BCUT2D eigenvalue weighted by Crippen LogP contribution is 2.25. The quantitative estimate of drug-likeness (QED) is 0.741. The number of likely N-dealkylation sites (N-methyl/N-ethyl adjacent to an activating group) is 1. The third-order valence-electron chi connectivity index (χ3n) is 3.40. The summed E-state index contributed by atoms with van der Waals surface area (Å²) in [5.41, 5.74) is 5.52. The van der Waals surface area contributed by atoms with Gasteiger partial charge in [0, 0.05) is 27.2 Å². The Morgan fingerprint density at radius 2 is 2.11 bits per heavy atom. The highest BCUT2D eigenvalue weighted by atomic mass is 32.2. The molecule has 0 aromatic heterocycles. The average molecular weight is 277 g/mol. The Labute approximate surface area is 109 Å². The molecule has 0 saturated carbocycles. The number of sulfonamides is 1. The van der Waals surface area contributed by atoms with Crippen LogP contribution in [-0.2, 0) is 14.8 Å². The Morgan fingerprint density at radius 3 is 2.56 bits per heavy atom. The van der Waals surface area contributed by atoms with E-state index in [9.17, 15) is 13.2 Å². The van der Waals surface area contributed by atoms with E-state index in [0.717, 1.165) is 6.42 Å². The molecule has 0 aromatic rings. The Morgan fingerprint density at radius 1 is 1.50 bits per heavy atom. The molecule has 2 atom stereocenters. The van der Waals surface area contributed by atoms with Gasteiger partial charge in [0.25, 0.3) is 0 Å². The minimum atomic E-state index is -3.47. The fourth-order valence-corrected chi connectivity index (χ4v) is 4.26. The maximum Gasteiger partial charge on any atom is 0.240 e. The maximum atomic E-state index is 12.4. The zero-order chi connectivity index (χ0) is 13.9. The number of hydrogen-bond acceptors (Lipinski definition) is 4. The smallest absolute Gasteiger partial charge is 0.240 e. The third-order valence-corrected chi connectivity index (χ3v) is 5.85. The minimum Gasteiger partial charge on any atom is -0.347 e. The van der Waals surface area contributed by atoms with Crippen LogP contribution in [0.4, 0.5) is 0 Å². The van der Waals surface area contributed by atoms with E-state index >= 15 is 0 Å². The molecule has 0 bridgehead atoms. The van der Waals surface area contributed by atoms with E-state index in [0.29, 0.717) is 19.4 Å². The van der Waals surface area contributed by atoms with Gasteiger partial charge in [-0.2, -0.15) is 4.31 Å². The summed E-state index contributed by atoms with van der Waals surface area (Å²) in [5.74, 6) is -0.150. The third kappa shape index (κ3) is 2.84. The molecular formula is C11H23N3O3S. The molecule has 2 unspecified atom stereocenters. The average Bonchev–Trinajstić information content (AvgIpc) is 2.78. The molecule has 2 N–H and O–H groups in total. The lowest BCUT2D eigenvalue weighted by molar-refractivity contribution is -0.132. The molecule has 0 spiro atoms. The molecule has 1 aliphatic rings. The number of nitrogens with two attached hydrogens (primary N) is 1. The Kier molecular flexibility index (Phi) is 5.12. The molecule has 1 fully saturated rings. The zero-order valence-corrected chi connectivity index (χ0v) is 12.1. The van der Waals surface area contributed by atoms with Crippen molar-refractivity contribution in [1.29, 1.82) is 0 Å². The lowest BCUT2D eigenvalue weighted by Crippen LogP contribution is -2.49. The van der Waals surface area contributed by atoms with E-state index in [1.54, 1.807) is 21.0 Å². The first kappa shape index (κ1) is 15.4. The van der Waals surface area contributed by atoms with Crippen LogP contribution in [0, 0.1) is 0 Å². The van der Waals surface area contributed by atoms with Gasteiger partial charge in [-0.3, -0.25) is 4.79 Å². The molecule has 106 valence electrons. The van der Waals surface area contributed by atoms with Crippen molar-refractivity contribution >= 4 is 15.9 Å². The molecule has 0 aromatic carbocycles. The fraction of sp³-hybridized carbons (Fsp3) is 0.909. The van der Waals surface area contributed by atoms with Crippen molar-refractivity contribution in [1.82, 2.24) is 9.21 Å². The largest absolute Gasteiger partial charge is 0.347 e. The van der Waals surface area contributed by atoms with E-state index in [1.165, 1.54) is 9.21 Å². The van der Waals surface area contributed by atoms with Crippen molar-refractivity contribution in [2.75, 3.05) is 27.2 Å². The van der Waals surface area contributed by atoms with Gasteiger partial charge < -0.3 is 10.6 Å². The molecule has 1 saturated heterocycles. The van der Waals surface area contributed by atoms with E-state index in [-0.39, 0.29) is 12.5 Å². The second-order valence-corrected chi connectivity index (χ2v) is 6.98. The molecule has 1 aliphatic heterocycles. The van der Waals surface area contributed by atoms with Crippen LogP contribution in [0.1, 0.15) is 26.2 Å². The summed E-state index contributed by atoms with van der Waals surface area (Å²) in [6, 6.07) is -0.550. The number of amides is 1. The number of nitrogens with zero attached hydrogens (tertiary/aromatic N) is 2. The molecule has 0 radical (unpaired) electrons. The van der Waals surface area contributed by atoms with E-state index < -0.39 is 21.3 Å². The number of hydrogen-bond donors (Lipinski definition) is 1. The first-order chi connectivity index (χ1) is 8.36. The molecule has 6 nitrogen and oxygen atoms in total. The lowest BCUT2D eigenvalue weighted by Gasteiger charge is -2.28. The monoisotopic (exact) mass is 277 g/mol. The van der Waals surface area contributed by atoms with Crippen molar-refractivity contribution in [2.24, 2.45) is 5.73 Å². The van der Waals surface area contributed by atoms with Crippen LogP contribution < -0.4 is 5.73 Å². The second-order valence-electron chi connectivity index (χ2n) is 4.81. The standard InChI is InChI=1S/C11H23N3O3S/c1-4-9(8-12)18(16,17)14-7-5-6-10(14)11(15)13(2)3/h9-10H,4-8,12H2,1-3H3. The Bertz CT molecular complexity index is 390. The minimum absolute atomic E-state index is 0.0954. The molecule has 1 rings (SSSR count). The normalized spacial score (nSPS) is 23.0. The number of carbonyl (C=O) groups is 1. The number of rotatable bonds is 5. The summed E-state index contributed by atoms with van der Waals surface area (Å²) in [7, 11) is -0.179. The SMILES string of the molecule is CCC(CN)S(=O)(=O)N1CCCC1C(=O)N(C)C. The van der Waals surface area contributed by atoms with Gasteiger partial charge in [-0.25, -0.2) is 8.42 Å². The van der Waals surface area contributed by atoms with E-state index in [4.69, 9.17) is 5.73 Å². The zero-order valence-electron chi connectivity index (χ0n) is 11.3. The van der Waals surface area contributed by atoms with Gasteiger partial charge in [0.15, 0.2) is 0 Å². The summed E-state index contributed by atoms with van der Waals surface area (Å²) in [5, 5.41) is -0.590. The van der Waals surface area contributed by atoms with Crippen molar-refractivity contribution < 1.29 is 13.2 Å². The summed E-state index contributed by atoms with van der Waals surface area (Å²) >= 11 is 0. The molecule has 0 aliphatic carbocycles. The first-order valence-corrected chi connectivity index (χ1v) is 7.78. The Balaban J connectivity index is 2.97. The van der Waals surface area contributed by atoms with Gasteiger partial charge in [0.1, 0.15) is 6.04 Å². The predicted molar refractivity (Wildman–Crippen MR) is 70.5 cm³/mol. The van der Waals surface area contributed by atoms with Crippen LogP contribution >= 0.6 is 0 Å². The molecule has 1 heterocycles. The molecule has 7 heteroatoms. The van der Waals surface area contributed by atoms with Gasteiger partial charge in [-0.1, -0.05) is 6.92 Å². The van der Waals surface area contributed by atoms with Crippen LogP contribution in [0.5, 0.6) is 0 Å². The molecule has 18 heavy (non-hydrogen) atoms. The topological polar surface area (TPSA) is 83.7 Å². The lowest BCUT2D eigenvalue weighted by atomic mass is 10.2. The maximum absolute atomic E-state index is 12.4. The van der Waals surface area contributed by atoms with Gasteiger partial charge in [-0.15, -0.1) is 0 Å². The van der Waals surface area contributed by atoms with Crippen LogP contribution in [-0.4, -0.2) is 62.0 Å². The summed E-state index contributed by atoms with van der Waals surface area (Å²) in [4.78, 5) is 13.4. The Hall–Kier alpha value is -0.660. The van der Waals surface area contributed by atoms with Gasteiger partial charge >= 0.3 is 0 Å². The van der Waals surface area contributed by atoms with Crippen molar-refractivity contribution in [3.63, 3.8) is 0 Å². The highest BCUT2D eigenvalue weighted by molar-refractivity contribution is 7.89. The van der Waals surface area contributed by atoms with Crippen molar-refractivity contribution in [2.45, 2.75) is 37.5 Å². The summed E-state index contributed by atoms with van der Waals surface area (Å²) in [6.45, 7) is 2.31. The van der Waals surface area contributed by atoms with Gasteiger partial charge in [0.2, 0.25) is 15.9 Å². The molecular weight excluding hydrogens is 254 g/mol. The highest BCUT2D eigenvalue weighted by Gasteiger charge is 2.41. The fourth-order valence-electron chi connectivity index (χ4n) is 2.28. The first-order valence-electron chi connectivity index (χ1n) is 6.28. The second kappa shape index (κ2) is 5.99. The van der Waals surface area contributed by atoms with Gasteiger partial charge in [0.05, 0.1) is 5.25 Å². The van der Waals surface area contributed by atoms with Crippen molar-refractivity contribution in [3.05, 3.63) is 0 Å². The van der Waals surface area contributed by atoms with E-state index in [2.05, 4.69) is 0 Å². The van der Waals surface area contributed by atoms with E-state index in [1.807, 2.05) is 0 Å². The van der Waals surface area contributed by atoms with Gasteiger partial charge in [-0.05, 0) is 19.3 Å². The van der Waals surface area contributed by atoms with Crippen LogP contribution in [0.25, 0.3) is 0 Å². The van der Waals surface area contributed by atoms with Crippen LogP contribution in [0.2, 0.25) is 0 Å².